The number of ether oxygens (including phenoxy) is 1. The summed E-state index contributed by atoms with van der Waals surface area (Å²) < 4.78 is 11.2. The fourth-order valence-corrected chi connectivity index (χ4v) is 2.64. The summed E-state index contributed by atoms with van der Waals surface area (Å²) in [5, 5.41) is 4.21. The van der Waals surface area contributed by atoms with E-state index in [4.69, 9.17) is 9.26 Å². The summed E-state index contributed by atoms with van der Waals surface area (Å²) in [5.41, 5.74) is 4.25. The second-order valence-electron chi connectivity index (χ2n) is 6.58. The fraction of sp³-hybridized carbons (Fsp3) is 0.318. The molecule has 3 rings (SSSR count). The minimum atomic E-state index is 0.528. The molecule has 1 aromatic heterocycles. The quantitative estimate of drug-likeness (QED) is 0.474. The van der Waals surface area contributed by atoms with E-state index in [0.29, 0.717) is 5.92 Å². The molecule has 0 atom stereocenters. The van der Waals surface area contributed by atoms with Crippen LogP contribution in [0.3, 0.4) is 0 Å². The van der Waals surface area contributed by atoms with E-state index in [1.807, 2.05) is 30.3 Å². The summed E-state index contributed by atoms with van der Waals surface area (Å²) in [5.74, 6) is 2.18. The molecule has 0 spiro atoms. The van der Waals surface area contributed by atoms with Gasteiger partial charge in [0.2, 0.25) is 0 Å². The molecular formula is C22H25NO2. The van der Waals surface area contributed by atoms with Crippen LogP contribution in [-0.2, 0) is 0 Å². The molecule has 0 aliphatic rings. The summed E-state index contributed by atoms with van der Waals surface area (Å²) in [6.45, 7) is 7.30. The SMILES string of the molecule is CCCCOc1ccc(-c2cc(-c3ccc(C(C)C)cc3)no2)cc1. The van der Waals surface area contributed by atoms with Crippen molar-refractivity contribution in [1.29, 1.82) is 0 Å². The van der Waals surface area contributed by atoms with Crippen molar-refractivity contribution in [1.82, 2.24) is 5.16 Å². The van der Waals surface area contributed by atoms with E-state index in [9.17, 15) is 0 Å². The largest absolute Gasteiger partial charge is 0.494 e. The van der Waals surface area contributed by atoms with Gasteiger partial charge >= 0.3 is 0 Å². The number of benzene rings is 2. The van der Waals surface area contributed by atoms with E-state index in [1.165, 1.54) is 5.56 Å². The van der Waals surface area contributed by atoms with E-state index in [1.54, 1.807) is 0 Å². The Hall–Kier alpha value is -2.55. The predicted octanol–water partition coefficient (Wildman–Crippen LogP) is 6.31. The fourth-order valence-electron chi connectivity index (χ4n) is 2.64. The molecule has 3 aromatic rings. The third-order valence-corrected chi connectivity index (χ3v) is 4.29. The first kappa shape index (κ1) is 17.3. The van der Waals surface area contributed by atoms with Gasteiger partial charge in [-0.15, -0.1) is 0 Å². The first-order valence-electron chi connectivity index (χ1n) is 8.97. The topological polar surface area (TPSA) is 35.3 Å². The number of rotatable bonds is 7. The van der Waals surface area contributed by atoms with Crippen molar-refractivity contribution < 1.29 is 9.26 Å². The summed E-state index contributed by atoms with van der Waals surface area (Å²) in [6, 6.07) is 18.4. The average Bonchev–Trinajstić information content (AvgIpc) is 3.13. The smallest absolute Gasteiger partial charge is 0.167 e. The lowest BCUT2D eigenvalue weighted by Gasteiger charge is -2.05. The molecule has 0 bridgehead atoms. The van der Waals surface area contributed by atoms with Crippen molar-refractivity contribution in [2.75, 3.05) is 6.61 Å². The Balaban J connectivity index is 1.72. The third kappa shape index (κ3) is 4.30. The van der Waals surface area contributed by atoms with Crippen LogP contribution in [0.4, 0.5) is 0 Å². The molecule has 1 heterocycles. The zero-order chi connectivity index (χ0) is 17.6. The van der Waals surface area contributed by atoms with Crippen molar-refractivity contribution >= 4 is 0 Å². The summed E-state index contributed by atoms with van der Waals surface area (Å²) >= 11 is 0. The summed E-state index contributed by atoms with van der Waals surface area (Å²) in [6.07, 6.45) is 2.21. The lowest BCUT2D eigenvalue weighted by Crippen LogP contribution is -1.95. The van der Waals surface area contributed by atoms with Crippen LogP contribution in [0.25, 0.3) is 22.6 Å². The van der Waals surface area contributed by atoms with E-state index >= 15 is 0 Å². The first-order chi connectivity index (χ1) is 12.2. The lowest BCUT2D eigenvalue weighted by molar-refractivity contribution is 0.309. The minimum Gasteiger partial charge on any atom is -0.494 e. The van der Waals surface area contributed by atoms with Crippen LogP contribution in [0.2, 0.25) is 0 Å². The molecule has 0 aliphatic carbocycles. The molecule has 0 radical (unpaired) electrons. The molecule has 25 heavy (non-hydrogen) atoms. The lowest BCUT2D eigenvalue weighted by atomic mass is 10.0. The molecule has 0 amide bonds. The van der Waals surface area contributed by atoms with Gasteiger partial charge in [0.1, 0.15) is 11.4 Å². The standard InChI is InChI=1S/C22H25NO2/c1-4-5-14-24-20-12-10-19(11-13-20)22-15-21(23-25-22)18-8-6-17(7-9-18)16(2)3/h6-13,15-16H,4-5,14H2,1-3H3. The number of nitrogens with zero attached hydrogens (tertiary/aromatic N) is 1. The molecule has 0 saturated heterocycles. The van der Waals surface area contributed by atoms with Crippen LogP contribution in [0.15, 0.2) is 59.1 Å². The maximum Gasteiger partial charge on any atom is 0.167 e. The van der Waals surface area contributed by atoms with Crippen LogP contribution in [0.1, 0.15) is 45.1 Å². The molecule has 0 unspecified atom stereocenters. The Morgan fingerprint density at radius 3 is 2.28 bits per heavy atom. The second-order valence-corrected chi connectivity index (χ2v) is 6.58. The Bertz CT molecular complexity index is 786. The number of unbranched alkanes of at least 4 members (excludes halogenated alkanes) is 1. The predicted molar refractivity (Wildman–Crippen MR) is 102 cm³/mol. The van der Waals surface area contributed by atoms with Crippen molar-refractivity contribution in [3.63, 3.8) is 0 Å². The highest BCUT2D eigenvalue weighted by atomic mass is 16.5. The minimum absolute atomic E-state index is 0.528. The molecule has 3 nitrogen and oxygen atoms in total. The van der Waals surface area contributed by atoms with Gasteiger partial charge in [-0.05, 0) is 42.2 Å². The van der Waals surface area contributed by atoms with Crippen molar-refractivity contribution in [2.45, 2.75) is 39.5 Å². The zero-order valence-corrected chi connectivity index (χ0v) is 15.2. The van der Waals surface area contributed by atoms with Gasteiger partial charge < -0.3 is 9.26 Å². The van der Waals surface area contributed by atoms with Gasteiger partial charge in [-0.1, -0.05) is 56.6 Å². The van der Waals surface area contributed by atoms with Crippen molar-refractivity contribution in [2.24, 2.45) is 0 Å². The van der Waals surface area contributed by atoms with E-state index in [0.717, 1.165) is 47.8 Å². The average molecular weight is 335 g/mol. The van der Waals surface area contributed by atoms with Crippen LogP contribution in [0, 0.1) is 0 Å². The second kappa shape index (κ2) is 8.02. The monoisotopic (exact) mass is 335 g/mol. The maximum atomic E-state index is 5.70. The van der Waals surface area contributed by atoms with Gasteiger partial charge in [-0.2, -0.15) is 0 Å². The molecule has 2 aromatic carbocycles. The van der Waals surface area contributed by atoms with Crippen LogP contribution in [-0.4, -0.2) is 11.8 Å². The maximum absolute atomic E-state index is 5.70. The number of aromatic nitrogens is 1. The highest BCUT2D eigenvalue weighted by molar-refractivity contribution is 5.67. The molecule has 130 valence electrons. The number of hydrogen-bond donors (Lipinski definition) is 0. The van der Waals surface area contributed by atoms with Gasteiger partial charge in [0.25, 0.3) is 0 Å². The number of hydrogen-bond acceptors (Lipinski definition) is 3. The highest BCUT2D eigenvalue weighted by Gasteiger charge is 2.09. The molecule has 0 fully saturated rings. The van der Waals surface area contributed by atoms with Crippen LogP contribution in [0.5, 0.6) is 5.75 Å². The van der Waals surface area contributed by atoms with Gasteiger partial charge in [-0.3, -0.25) is 0 Å². The van der Waals surface area contributed by atoms with E-state index < -0.39 is 0 Å². The summed E-state index contributed by atoms with van der Waals surface area (Å²) in [4.78, 5) is 0. The zero-order valence-electron chi connectivity index (χ0n) is 15.2. The van der Waals surface area contributed by atoms with Gasteiger partial charge in [0.05, 0.1) is 6.61 Å². The van der Waals surface area contributed by atoms with Gasteiger partial charge in [0, 0.05) is 17.2 Å². The molecule has 3 heteroatoms. The first-order valence-corrected chi connectivity index (χ1v) is 8.97. The molecule has 0 N–H and O–H groups in total. The van der Waals surface area contributed by atoms with Gasteiger partial charge in [-0.25, -0.2) is 0 Å². The Kier molecular flexibility index (Phi) is 5.54. The molecular weight excluding hydrogens is 310 g/mol. The van der Waals surface area contributed by atoms with Crippen LogP contribution >= 0.6 is 0 Å². The molecule has 0 saturated carbocycles. The Labute approximate surface area is 149 Å². The summed E-state index contributed by atoms with van der Waals surface area (Å²) in [7, 11) is 0. The Morgan fingerprint density at radius 1 is 0.960 bits per heavy atom. The van der Waals surface area contributed by atoms with Crippen LogP contribution < -0.4 is 4.74 Å². The third-order valence-electron chi connectivity index (χ3n) is 4.29. The van der Waals surface area contributed by atoms with E-state index in [2.05, 4.69) is 50.2 Å². The molecule has 0 aliphatic heterocycles. The van der Waals surface area contributed by atoms with Crippen molar-refractivity contribution in [3.8, 4) is 28.3 Å². The Morgan fingerprint density at radius 2 is 1.64 bits per heavy atom. The van der Waals surface area contributed by atoms with E-state index in [-0.39, 0.29) is 0 Å². The van der Waals surface area contributed by atoms with Crippen molar-refractivity contribution in [3.05, 3.63) is 60.2 Å². The van der Waals surface area contributed by atoms with Gasteiger partial charge in [0.15, 0.2) is 5.76 Å². The highest BCUT2D eigenvalue weighted by Crippen LogP contribution is 2.28. The normalized spacial score (nSPS) is 11.0.